The van der Waals surface area contributed by atoms with Gasteiger partial charge in [0.15, 0.2) is 0 Å². The van der Waals surface area contributed by atoms with Crippen molar-refractivity contribution in [3.63, 3.8) is 0 Å². The standard InChI is InChI=1S/C17H21N/c1-14-7-9-16(10-8-14)13-18-12-11-17-6-4-3-5-15(17)2/h3-10,18H,11-13H2,1-2H3. The summed E-state index contributed by atoms with van der Waals surface area (Å²) in [5, 5.41) is 3.50. The summed E-state index contributed by atoms with van der Waals surface area (Å²) < 4.78 is 0. The normalized spacial score (nSPS) is 10.6. The minimum Gasteiger partial charge on any atom is -0.312 e. The van der Waals surface area contributed by atoms with Crippen molar-refractivity contribution in [1.82, 2.24) is 5.32 Å². The largest absolute Gasteiger partial charge is 0.312 e. The van der Waals surface area contributed by atoms with Crippen LogP contribution < -0.4 is 5.32 Å². The first-order chi connectivity index (χ1) is 8.75. The van der Waals surface area contributed by atoms with Gasteiger partial charge in [-0.15, -0.1) is 0 Å². The van der Waals surface area contributed by atoms with E-state index in [1.54, 1.807) is 0 Å². The highest BCUT2D eigenvalue weighted by molar-refractivity contribution is 5.26. The molecule has 0 aliphatic carbocycles. The van der Waals surface area contributed by atoms with Crippen LogP contribution in [0.25, 0.3) is 0 Å². The van der Waals surface area contributed by atoms with E-state index in [4.69, 9.17) is 0 Å². The van der Waals surface area contributed by atoms with Gasteiger partial charge in [-0.25, -0.2) is 0 Å². The smallest absolute Gasteiger partial charge is 0.0205 e. The second kappa shape index (κ2) is 6.36. The summed E-state index contributed by atoms with van der Waals surface area (Å²) in [6, 6.07) is 17.3. The first-order valence-electron chi connectivity index (χ1n) is 6.56. The van der Waals surface area contributed by atoms with E-state index in [0.29, 0.717) is 0 Å². The predicted molar refractivity (Wildman–Crippen MR) is 77.8 cm³/mol. The van der Waals surface area contributed by atoms with E-state index in [1.807, 2.05) is 0 Å². The lowest BCUT2D eigenvalue weighted by Crippen LogP contribution is -2.16. The van der Waals surface area contributed by atoms with E-state index in [1.165, 1.54) is 22.3 Å². The molecule has 2 aromatic carbocycles. The van der Waals surface area contributed by atoms with E-state index >= 15 is 0 Å². The fourth-order valence-electron chi connectivity index (χ4n) is 2.05. The van der Waals surface area contributed by atoms with Crippen LogP contribution in [0.1, 0.15) is 22.3 Å². The minimum absolute atomic E-state index is 0.951. The molecule has 94 valence electrons. The van der Waals surface area contributed by atoms with Crippen LogP contribution in [0.4, 0.5) is 0 Å². The Morgan fingerprint density at radius 1 is 0.889 bits per heavy atom. The van der Waals surface area contributed by atoms with Crippen LogP contribution in [-0.2, 0) is 13.0 Å². The summed E-state index contributed by atoms with van der Waals surface area (Å²) in [6.07, 6.45) is 1.10. The molecule has 0 spiro atoms. The number of aryl methyl sites for hydroxylation is 2. The van der Waals surface area contributed by atoms with Gasteiger partial charge in [-0.1, -0.05) is 54.1 Å². The van der Waals surface area contributed by atoms with Crippen molar-refractivity contribution >= 4 is 0 Å². The SMILES string of the molecule is Cc1ccc(CNCCc2ccccc2C)cc1. The summed E-state index contributed by atoms with van der Waals surface area (Å²) in [5.74, 6) is 0. The van der Waals surface area contributed by atoms with Crippen molar-refractivity contribution < 1.29 is 0 Å². The van der Waals surface area contributed by atoms with Crippen LogP contribution in [0.3, 0.4) is 0 Å². The number of rotatable bonds is 5. The van der Waals surface area contributed by atoms with Crippen LogP contribution in [-0.4, -0.2) is 6.54 Å². The zero-order chi connectivity index (χ0) is 12.8. The third-order valence-corrected chi connectivity index (χ3v) is 3.28. The van der Waals surface area contributed by atoms with Crippen molar-refractivity contribution in [2.45, 2.75) is 26.8 Å². The van der Waals surface area contributed by atoms with E-state index < -0.39 is 0 Å². The van der Waals surface area contributed by atoms with Crippen molar-refractivity contribution in [2.75, 3.05) is 6.54 Å². The molecule has 2 rings (SSSR count). The molecular weight excluding hydrogens is 218 g/mol. The molecule has 0 bridgehead atoms. The first-order valence-corrected chi connectivity index (χ1v) is 6.56. The topological polar surface area (TPSA) is 12.0 Å². The van der Waals surface area contributed by atoms with E-state index in [9.17, 15) is 0 Å². The molecule has 0 amide bonds. The minimum atomic E-state index is 0.951. The number of hydrogen-bond donors (Lipinski definition) is 1. The maximum absolute atomic E-state index is 3.50. The lowest BCUT2D eigenvalue weighted by Gasteiger charge is -2.07. The van der Waals surface area contributed by atoms with Gasteiger partial charge in [0.2, 0.25) is 0 Å². The van der Waals surface area contributed by atoms with Gasteiger partial charge < -0.3 is 5.32 Å². The molecule has 2 aromatic rings. The molecule has 0 atom stereocenters. The van der Waals surface area contributed by atoms with Crippen LogP contribution in [0.5, 0.6) is 0 Å². The third kappa shape index (κ3) is 3.71. The summed E-state index contributed by atoms with van der Waals surface area (Å²) in [7, 11) is 0. The van der Waals surface area contributed by atoms with Gasteiger partial charge in [0.25, 0.3) is 0 Å². The van der Waals surface area contributed by atoms with Gasteiger partial charge in [-0.3, -0.25) is 0 Å². The molecule has 0 heterocycles. The molecule has 1 heteroatoms. The zero-order valence-corrected chi connectivity index (χ0v) is 11.2. The Morgan fingerprint density at radius 3 is 2.33 bits per heavy atom. The molecule has 0 aromatic heterocycles. The Balaban J connectivity index is 1.76. The van der Waals surface area contributed by atoms with Gasteiger partial charge in [-0.05, 0) is 43.5 Å². The Kier molecular flexibility index (Phi) is 4.54. The molecule has 18 heavy (non-hydrogen) atoms. The quantitative estimate of drug-likeness (QED) is 0.786. The van der Waals surface area contributed by atoms with Crippen molar-refractivity contribution in [1.29, 1.82) is 0 Å². The maximum Gasteiger partial charge on any atom is 0.0205 e. The predicted octanol–water partition coefficient (Wildman–Crippen LogP) is 3.64. The number of hydrogen-bond acceptors (Lipinski definition) is 1. The molecule has 0 aliphatic rings. The lowest BCUT2D eigenvalue weighted by atomic mass is 10.1. The Labute approximate surface area is 110 Å². The maximum atomic E-state index is 3.50. The van der Waals surface area contributed by atoms with E-state index in [2.05, 4.69) is 67.7 Å². The fourth-order valence-corrected chi connectivity index (χ4v) is 2.05. The van der Waals surface area contributed by atoms with Gasteiger partial charge in [-0.2, -0.15) is 0 Å². The molecule has 0 saturated heterocycles. The van der Waals surface area contributed by atoms with E-state index in [-0.39, 0.29) is 0 Å². The van der Waals surface area contributed by atoms with Gasteiger partial charge in [0.1, 0.15) is 0 Å². The lowest BCUT2D eigenvalue weighted by molar-refractivity contribution is 0.685. The highest BCUT2D eigenvalue weighted by Gasteiger charge is 1.97. The molecule has 0 aliphatic heterocycles. The summed E-state index contributed by atoms with van der Waals surface area (Å²) in [5.41, 5.74) is 5.49. The third-order valence-electron chi connectivity index (χ3n) is 3.28. The Bertz CT molecular complexity index is 485. The average molecular weight is 239 g/mol. The summed E-state index contributed by atoms with van der Waals surface area (Å²) in [6.45, 7) is 6.27. The molecule has 1 N–H and O–H groups in total. The number of benzene rings is 2. The van der Waals surface area contributed by atoms with Crippen LogP contribution >= 0.6 is 0 Å². The molecule has 0 radical (unpaired) electrons. The highest BCUT2D eigenvalue weighted by atomic mass is 14.8. The molecule has 0 fully saturated rings. The fraction of sp³-hybridized carbons (Fsp3) is 0.294. The molecule has 1 nitrogen and oxygen atoms in total. The van der Waals surface area contributed by atoms with Crippen molar-refractivity contribution in [3.8, 4) is 0 Å². The highest BCUT2D eigenvalue weighted by Crippen LogP contribution is 2.07. The Morgan fingerprint density at radius 2 is 1.61 bits per heavy atom. The zero-order valence-electron chi connectivity index (χ0n) is 11.2. The van der Waals surface area contributed by atoms with Gasteiger partial charge >= 0.3 is 0 Å². The van der Waals surface area contributed by atoms with Crippen molar-refractivity contribution in [2.24, 2.45) is 0 Å². The first kappa shape index (κ1) is 12.8. The molecule has 0 saturated carbocycles. The van der Waals surface area contributed by atoms with Crippen LogP contribution in [0.2, 0.25) is 0 Å². The summed E-state index contributed by atoms with van der Waals surface area (Å²) in [4.78, 5) is 0. The second-order valence-electron chi connectivity index (χ2n) is 4.84. The van der Waals surface area contributed by atoms with Gasteiger partial charge in [0.05, 0.1) is 0 Å². The van der Waals surface area contributed by atoms with Gasteiger partial charge in [0, 0.05) is 6.54 Å². The summed E-state index contributed by atoms with van der Waals surface area (Å²) >= 11 is 0. The molecular formula is C17H21N. The van der Waals surface area contributed by atoms with E-state index in [0.717, 1.165) is 19.5 Å². The second-order valence-corrected chi connectivity index (χ2v) is 4.84. The Hall–Kier alpha value is -1.60. The monoisotopic (exact) mass is 239 g/mol. The van der Waals surface area contributed by atoms with Crippen LogP contribution in [0.15, 0.2) is 48.5 Å². The van der Waals surface area contributed by atoms with Crippen LogP contribution in [0, 0.1) is 13.8 Å². The average Bonchev–Trinajstić information content (AvgIpc) is 2.39. The number of nitrogens with one attached hydrogen (secondary N) is 1. The van der Waals surface area contributed by atoms with Crippen molar-refractivity contribution in [3.05, 3.63) is 70.8 Å². The molecule has 0 unspecified atom stereocenters.